The number of carbonyl (C=O) groups excluding carboxylic acids is 1. The Morgan fingerprint density at radius 2 is 2.22 bits per heavy atom. The number of halogens is 1. The molecule has 96 valence electrons. The smallest absolute Gasteiger partial charge is 0.337 e. The second kappa shape index (κ2) is 5.37. The van der Waals surface area contributed by atoms with Crippen molar-refractivity contribution in [1.82, 2.24) is 0 Å². The predicted octanol–water partition coefficient (Wildman–Crippen LogP) is 2.16. The number of hydrogen-bond acceptors (Lipinski definition) is 3. The molecule has 1 saturated heterocycles. The van der Waals surface area contributed by atoms with Crippen molar-refractivity contribution in [2.45, 2.75) is 18.9 Å². The number of anilines is 1. The van der Waals surface area contributed by atoms with Gasteiger partial charge in [0.25, 0.3) is 5.91 Å². The molecule has 0 radical (unpaired) electrons. The van der Waals surface area contributed by atoms with Crippen molar-refractivity contribution in [3.8, 4) is 0 Å². The molecule has 18 heavy (non-hydrogen) atoms. The Hall–Kier alpha value is -1.59. The lowest BCUT2D eigenvalue weighted by atomic mass is 10.1. The third kappa shape index (κ3) is 2.63. The van der Waals surface area contributed by atoms with Gasteiger partial charge in [-0.1, -0.05) is 17.7 Å². The van der Waals surface area contributed by atoms with Crippen LogP contribution in [0.4, 0.5) is 5.69 Å². The summed E-state index contributed by atoms with van der Waals surface area (Å²) in [6.07, 6.45) is 0.938. The number of carbonyl (C=O) groups is 2. The highest BCUT2D eigenvalue weighted by molar-refractivity contribution is 6.34. The maximum atomic E-state index is 11.9. The quantitative estimate of drug-likeness (QED) is 0.882. The zero-order chi connectivity index (χ0) is 13.1. The minimum absolute atomic E-state index is 0.0335. The molecule has 0 saturated carbocycles. The molecule has 0 aromatic heterocycles. The summed E-state index contributed by atoms with van der Waals surface area (Å²) in [6.45, 7) is 0.548. The zero-order valence-corrected chi connectivity index (χ0v) is 10.2. The molecular weight excluding hydrogens is 258 g/mol. The van der Waals surface area contributed by atoms with Gasteiger partial charge in [-0.25, -0.2) is 4.79 Å². The third-order valence-electron chi connectivity index (χ3n) is 2.71. The van der Waals surface area contributed by atoms with Crippen LogP contribution in [0.2, 0.25) is 5.02 Å². The molecule has 1 fully saturated rings. The van der Waals surface area contributed by atoms with Gasteiger partial charge in [0.1, 0.15) is 6.10 Å². The standard InChI is InChI=1S/C12H12ClNO4/c13-8-4-1-3-7(12(16)17)10(8)14-11(15)9-5-2-6-18-9/h1,3-4,9H,2,5-6H2,(H,14,15)(H,16,17)/t9-/m0/s1. The van der Waals surface area contributed by atoms with Gasteiger partial charge in [0.05, 0.1) is 16.3 Å². The predicted molar refractivity (Wildman–Crippen MR) is 66.0 cm³/mol. The van der Waals surface area contributed by atoms with Gasteiger partial charge in [-0.2, -0.15) is 0 Å². The van der Waals surface area contributed by atoms with E-state index in [1.165, 1.54) is 18.2 Å². The van der Waals surface area contributed by atoms with Crippen LogP contribution in [0.5, 0.6) is 0 Å². The molecule has 1 heterocycles. The van der Waals surface area contributed by atoms with Crippen LogP contribution in [0.3, 0.4) is 0 Å². The van der Waals surface area contributed by atoms with Crippen LogP contribution < -0.4 is 5.32 Å². The lowest BCUT2D eigenvalue weighted by Gasteiger charge is -2.13. The molecule has 1 aliphatic rings. The normalized spacial score (nSPS) is 18.6. The first-order valence-electron chi connectivity index (χ1n) is 5.54. The molecule has 0 aliphatic carbocycles. The maximum absolute atomic E-state index is 11.9. The first kappa shape index (κ1) is 12.9. The largest absolute Gasteiger partial charge is 0.478 e. The van der Waals surface area contributed by atoms with Gasteiger partial charge in [0.15, 0.2) is 0 Å². The van der Waals surface area contributed by atoms with E-state index in [9.17, 15) is 9.59 Å². The number of rotatable bonds is 3. The van der Waals surface area contributed by atoms with Crippen molar-refractivity contribution in [2.75, 3.05) is 11.9 Å². The second-order valence-corrected chi connectivity index (χ2v) is 4.37. The molecule has 0 bridgehead atoms. The number of carboxylic acids is 1. The van der Waals surface area contributed by atoms with E-state index in [2.05, 4.69) is 5.32 Å². The summed E-state index contributed by atoms with van der Waals surface area (Å²) >= 11 is 5.91. The summed E-state index contributed by atoms with van der Waals surface area (Å²) in [5.41, 5.74) is 0.0843. The van der Waals surface area contributed by atoms with Gasteiger partial charge in [-0.05, 0) is 25.0 Å². The lowest BCUT2D eigenvalue weighted by Crippen LogP contribution is -2.27. The first-order chi connectivity index (χ1) is 8.59. The van der Waals surface area contributed by atoms with Crippen LogP contribution >= 0.6 is 11.6 Å². The fourth-order valence-corrected chi connectivity index (χ4v) is 2.04. The van der Waals surface area contributed by atoms with Crippen LogP contribution in [0.15, 0.2) is 18.2 Å². The van der Waals surface area contributed by atoms with Crippen molar-refractivity contribution in [2.24, 2.45) is 0 Å². The minimum Gasteiger partial charge on any atom is -0.478 e. The number of para-hydroxylation sites is 1. The zero-order valence-electron chi connectivity index (χ0n) is 9.48. The average molecular weight is 270 g/mol. The lowest BCUT2D eigenvalue weighted by molar-refractivity contribution is -0.124. The van der Waals surface area contributed by atoms with Crippen LogP contribution in [-0.4, -0.2) is 29.7 Å². The summed E-state index contributed by atoms with van der Waals surface area (Å²) < 4.78 is 5.22. The van der Waals surface area contributed by atoms with E-state index >= 15 is 0 Å². The van der Waals surface area contributed by atoms with Crippen molar-refractivity contribution in [3.05, 3.63) is 28.8 Å². The van der Waals surface area contributed by atoms with Crippen molar-refractivity contribution in [1.29, 1.82) is 0 Å². The van der Waals surface area contributed by atoms with E-state index in [-0.39, 0.29) is 22.2 Å². The molecule has 1 atom stereocenters. The Kier molecular flexibility index (Phi) is 3.84. The molecule has 2 N–H and O–H groups in total. The number of carboxylic acid groups (broad SMARTS) is 1. The van der Waals surface area contributed by atoms with E-state index in [0.29, 0.717) is 13.0 Å². The summed E-state index contributed by atoms with van der Waals surface area (Å²) in [6, 6.07) is 4.44. The third-order valence-corrected chi connectivity index (χ3v) is 3.03. The van der Waals surface area contributed by atoms with Gasteiger partial charge in [0, 0.05) is 6.61 Å². The number of amides is 1. The Labute approximate surface area is 109 Å². The van der Waals surface area contributed by atoms with Crippen molar-refractivity contribution >= 4 is 29.2 Å². The molecule has 0 spiro atoms. The van der Waals surface area contributed by atoms with E-state index in [0.717, 1.165) is 6.42 Å². The minimum atomic E-state index is -1.14. The van der Waals surface area contributed by atoms with Crippen LogP contribution in [0.25, 0.3) is 0 Å². The topological polar surface area (TPSA) is 75.6 Å². The molecule has 1 amide bonds. The SMILES string of the molecule is O=C(O)c1cccc(Cl)c1NC(=O)[C@@H]1CCCO1. The summed E-state index contributed by atoms with van der Waals surface area (Å²) in [4.78, 5) is 22.9. The second-order valence-electron chi connectivity index (χ2n) is 3.96. The number of aromatic carboxylic acids is 1. The number of nitrogens with one attached hydrogen (secondary N) is 1. The summed E-state index contributed by atoms with van der Waals surface area (Å²) in [5.74, 6) is -1.50. The number of benzene rings is 1. The Morgan fingerprint density at radius 1 is 1.44 bits per heavy atom. The summed E-state index contributed by atoms with van der Waals surface area (Å²) in [7, 11) is 0. The fourth-order valence-electron chi connectivity index (χ4n) is 1.82. The maximum Gasteiger partial charge on any atom is 0.337 e. The van der Waals surface area contributed by atoms with Crippen LogP contribution in [-0.2, 0) is 9.53 Å². The van der Waals surface area contributed by atoms with Crippen molar-refractivity contribution in [3.63, 3.8) is 0 Å². The van der Waals surface area contributed by atoms with Crippen LogP contribution in [0, 0.1) is 0 Å². The average Bonchev–Trinajstić information content (AvgIpc) is 2.85. The highest BCUT2D eigenvalue weighted by Gasteiger charge is 2.25. The molecule has 2 rings (SSSR count). The molecular formula is C12H12ClNO4. The summed E-state index contributed by atoms with van der Waals surface area (Å²) in [5, 5.41) is 11.7. The first-order valence-corrected chi connectivity index (χ1v) is 5.91. The molecule has 1 aromatic rings. The van der Waals surface area contributed by atoms with E-state index in [4.69, 9.17) is 21.4 Å². The monoisotopic (exact) mass is 269 g/mol. The van der Waals surface area contributed by atoms with Gasteiger partial charge >= 0.3 is 5.97 Å². The number of ether oxygens (including phenoxy) is 1. The van der Waals surface area contributed by atoms with Crippen LogP contribution in [0.1, 0.15) is 23.2 Å². The number of hydrogen-bond donors (Lipinski definition) is 2. The van der Waals surface area contributed by atoms with E-state index < -0.39 is 12.1 Å². The molecule has 5 nitrogen and oxygen atoms in total. The highest BCUT2D eigenvalue weighted by atomic mass is 35.5. The highest BCUT2D eigenvalue weighted by Crippen LogP contribution is 2.27. The Morgan fingerprint density at radius 3 is 2.83 bits per heavy atom. The molecule has 0 unspecified atom stereocenters. The van der Waals surface area contributed by atoms with Gasteiger partial charge in [-0.3, -0.25) is 4.79 Å². The van der Waals surface area contributed by atoms with Gasteiger partial charge in [0.2, 0.25) is 0 Å². The fraction of sp³-hybridized carbons (Fsp3) is 0.333. The molecule has 6 heteroatoms. The molecule has 1 aliphatic heterocycles. The van der Waals surface area contributed by atoms with E-state index in [1.807, 2.05) is 0 Å². The van der Waals surface area contributed by atoms with Gasteiger partial charge < -0.3 is 15.2 Å². The van der Waals surface area contributed by atoms with Crippen molar-refractivity contribution < 1.29 is 19.4 Å². The molecule has 1 aromatic carbocycles. The Bertz CT molecular complexity index is 483. The Balaban J connectivity index is 2.22. The van der Waals surface area contributed by atoms with Gasteiger partial charge in [-0.15, -0.1) is 0 Å². The van der Waals surface area contributed by atoms with E-state index in [1.54, 1.807) is 0 Å².